The van der Waals surface area contributed by atoms with Crippen LogP contribution in [-0.4, -0.2) is 15.0 Å². The fourth-order valence-corrected chi connectivity index (χ4v) is 5.40. The Morgan fingerprint density at radius 2 is 1.02 bits per heavy atom. The summed E-state index contributed by atoms with van der Waals surface area (Å²) in [7, 11) is 0. The summed E-state index contributed by atoms with van der Waals surface area (Å²) in [5.74, 6) is 1.35. The molecule has 2 heterocycles. The van der Waals surface area contributed by atoms with Crippen molar-refractivity contribution in [2.45, 2.75) is 0 Å². The lowest BCUT2D eigenvalue weighted by atomic mass is 9.99. The smallest absolute Gasteiger partial charge is 0.167 e. The summed E-state index contributed by atoms with van der Waals surface area (Å²) in [6.45, 7) is 0. The number of hydrogen-bond acceptors (Lipinski definition) is 4. The summed E-state index contributed by atoms with van der Waals surface area (Å²) in [5, 5.41) is 1.97. The van der Waals surface area contributed by atoms with E-state index >= 15 is 0 Å². The van der Waals surface area contributed by atoms with Gasteiger partial charge in [0.25, 0.3) is 0 Å². The Labute approximate surface area is 256 Å². The lowest BCUT2D eigenvalue weighted by Gasteiger charge is -2.09. The first-order chi connectivity index (χ1) is 23.4. The van der Waals surface area contributed by atoms with E-state index < -0.39 is 6.04 Å². The number of benzene rings is 6. The van der Waals surface area contributed by atoms with E-state index in [2.05, 4.69) is 24.3 Å². The quantitative estimate of drug-likeness (QED) is 0.212. The summed E-state index contributed by atoms with van der Waals surface area (Å²) in [6.07, 6.45) is 0. The highest BCUT2D eigenvalue weighted by Gasteiger charge is 2.19. The summed E-state index contributed by atoms with van der Waals surface area (Å²) >= 11 is 0. The average Bonchev–Trinajstić information content (AvgIpc) is 3.53. The molecule has 0 aliphatic heterocycles. The van der Waals surface area contributed by atoms with Crippen LogP contribution in [0.2, 0.25) is 0 Å². The van der Waals surface area contributed by atoms with Crippen molar-refractivity contribution in [3.8, 4) is 56.4 Å². The van der Waals surface area contributed by atoms with Crippen LogP contribution < -0.4 is 0 Å². The maximum absolute atomic E-state index is 8.39. The Hall–Kier alpha value is -5.87. The van der Waals surface area contributed by atoms with Crippen LogP contribution in [0.15, 0.2) is 156 Å². The molecular weight excluding hydrogens is 526 g/mol. The largest absolute Gasteiger partial charge is 0.455 e. The van der Waals surface area contributed by atoms with E-state index in [-0.39, 0.29) is 29.7 Å². The SMILES string of the molecule is [2H]c1c([2H])c([2H])c(-c2ccc(-c3nc(-c4ccccc4)nc(-c4cccc5c4oc4cccc(-c6ccccc6)c45)n3)cc2)c([2H])c1[2H]. The topological polar surface area (TPSA) is 51.8 Å². The van der Waals surface area contributed by atoms with Crippen LogP contribution in [0.1, 0.15) is 6.85 Å². The maximum Gasteiger partial charge on any atom is 0.167 e. The standard InChI is InChI=1S/C39H25N3O/c1-4-12-26(13-5-1)27-22-24-30(25-23-27)38-40-37(29-16-8-3-9-17-29)41-39(42-38)33-20-10-19-32-35-31(28-14-6-2-7-15-28)18-11-21-34(35)43-36(32)33/h1-25H/i1D,4D,5D,12D,13D. The van der Waals surface area contributed by atoms with Crippen molar-refractivity contribution < 1.29 is 11.3 Å². The highest BCUT2D eigenvalue weighted by atomic mass is 16.3. The van der Waals surface area contributed by atoms with Crippen LogP contribution in [0.4, 0.5) is 0 Å². The summed E-state index contributed by atoms with van der Waals surface area (Å²) in [5.41, 5.74) is 6.45. The maximum atomic E-state index is 8.39. The molecule has 6 aromatic carbocycles. The second-order valence-electron chi connectivity index (χ2n) is 10.1. The molecule has 202 valence electrons. The van der Waals surface area contributed by atoms with E-state index in [1.165, 1.54) is 0 Å². The van der Waals surface area contributed by atoms with Gasteiger partial charge in [0.15, 0.2) is 17.5 Å². The predicted molar refractivity (Wildman–Crippen MR) is 174 cm³/mol. The predicted octanol–water partition coefficient (Wildman–Crippen LogP) is 10.1. The number of rotatable bonds is 5. The molecule has 0 N–H and O–H groups in total. The van der Waals surface area contributed by atoms with Crippen molar-refractivity contribution in [2.24, 2.45) is 0 Å². The molecule has 0 aliphatic carbocycles. The Morgan fingerprint density at radius 3 is 1.74 bits per heavy atom. The van der Waals surface area contributed by atoms with Gasteiger partial charge in [0, 0.05) is 21.9 Å². The van der Waals surface area contributed by atoms with Crippen molar-refractivity contribution in [1.82, 2.24) is 15.0 Å². The number of para-hydroxylation sites is 1. The van der Waals surface area contributed by atoms with Crippen LogP contribution in [-0.2, 0) is 0 Å². The molecule has 0 atom stereocenters. The summed E-state index contributed by atoms with van der Waals surface area (Å²) in [6, 6.07) is 37.3. The van der Waals surface area contributed by atoms with Crippen LogP contribution >= 0.6 is 0 Å². The molecule has 4 nitrogen and oxygen atoms in total. The Kier molecular flexibility index (Phi) is 4.91. The minimum atomic E-state index is -0.424. The molecule has 2 aromatic heterocycles. The number of nitrogens with zero attached hydrogens (tertiary/aromatic N) is 3. The van der Waals surface area contributed by atoms with E-state index in [1.807, 2.05) is 72.8 Å². The van der Waals surface area contributed by atoms with Crippen LogP contribution in [0, 0.1) is 0 Å². The van der Waals surface area contributed by atoms with Crippen LogP contribution in [0.25, 0.3) is 78.4 Å². The molecule has 0 fully saturated rings. The van der Waals surface area contributed by atoms with E-state index in [9.17, 15) is 0 Å². The van der Waals surface area contributed by atoms with Crippen molar-refractivity contribution >= 4 is 21.9 Å². The number of furan rings is 1. The molecule has 0 bridgehead atoms. The molecule has 0 radical (unpaired) electrons. The van der Waals surface area contributed by atoms with E-state index in [0.29, 0.717) is 34.2 Å². The molecule has 8 aromatic rings. The van der Waals surface area contributed by atoms with E-state index in [1.54, 1.807) is 24.3 Å². The second-order valence-corrected chi connectivity index (χ2v) is 10.1. The minimum Gasteiger partial charge on any atom is -0.455 e. The van der Waals surface area contributed by atoms with Gasteiger partial charge in [0.1, 0.15) is 11.2 Å². The zero-order valence-electron chi connectivity index (χ0n) is 27.8. The van der Waals surface area contributed by atoms with Gasteiger partial charge < -0.3 is 4.42 Å². The minimum absolute atomic E-state index is 0.139. The van der Waals surface area contributed by atoms with Gasteiger partial charge in [0.2, 0.25) is 0 Å². The Morgan fingerprint density at radius 1 is 0.442 bits per heavy atom. The fraction of sp³-hybridized carbons (Fsp3) is 0. The molecule has 0 saturated carbocycles. The van der Waals surface area contributed by atoms with Gasteiger partial charge in [0.05, 0.1) is 12.4 Å². The summed E-state index contributed by atoms with van der Waals surface area (Å²) < 4.78 is 47.4. The first-order valence-electron chi connectivity index (χ1n) is 16.4. The second kappa shape index (κ2) is 10.5. The average molecular weight is 557 g/mol. The van der Waals surface area contributed by atoms with Crippen molar-refractivity contribution in [3.05, 3.63) is 152 Å². The van der Waals surface area contributed by atoms with E-state index in [0.717, 1.165) is 38.6 Å². The lowest BCUT2D eigenvalue weighted by Crippen LogP contribution is -2.00. The van der Waals surface area contributed by atoms with Gasteiger partial charge in [-0.15, -0.1) is 0 Å². The third-order valence-electron chi connectivity index (χ3n) is 7.45. The molecule has 0 saturated heterocycles. The Balaban J connectivity index is 1.30. The molecule has 0 spiro atoms. The van der Waals surface area contributed by atoms with Gasteiger partial charge in [-0.3, -0.25) is 0 Å². The van der Waals surface area contributed by atoms with Crippen molar-refractivity contribution in [3.63, 3.8) is 0 Å². The zero-order valence-corrected chi connectivity index (χ0v) is 22.8. The first kappa shape index (κ1) is 20.1. The highest BCUT2D eigenvalue weighted by Crippen LogP contribution is 2.40. The van der Waals surface area contributed by atoms with Crippen LogP contribution in [0.3, 0.4) is 0 Å². The lowest BCUT2D eigenvalue weighted by molar-refractivity contribution is 0.669. The van der Waals surface area contributed by atoms with Gasteiger partial charge in [-0.1, -0.05) is 139 Å². The van der Waals surface area contributed by atoms with E-state index in [4.69, 9.17) is 26.2 Å². The summed E-state index contributed by atoms with van der Waals surface area (Å²) in [4.78, 5) is 14.7. The molecule has 0 amide bonds. The molecular formula is C39H25N3O. The monoisotopic (exact) mass is 556 g/mol. The molecule has 43 heavy (non-hydrogen) atoms. The van der Waals surface area contributed by atoms with Gasteiger partial charge in [-0.25, -0.2) is 15.0 Å². The highest BCUT2D eigenvalue weighted by molar-refractivity contribution is 6.15. The fourth-order valence-electron chi connectivity index (χ4n) is 5.40. The number of fused-ring (bicyclic) bond motifs is 3. The van der Waals surface area contributed by atoms with Crippen molar-refractivity contribution in [1.29, 1.82) is 0 Å². The molecule has 8 rings (SSSR count). The molecule has 0 unspecified atom stereocenters. The number of aromatic nitrogens is 3. The zero-order chi connectivity index (χ0) is 32.9. The normalized spacial score (nSPS) is 12.9. The van der Waals surface area contributed by atoms with Gasteiger partial charge in [-0.2, -0.15) is 0 Å². The Bertz CT molecular complexity index is 2470. The third-order valence-corrected chi connectivity index (χ3v) is 7.45. The first-order valence-corrected chi connectivity index (χ1v) is 13.9. The molecule has 0 aliphatic rings. The molecule has 4 heteroatoms. The number of hydrogen-bond donors (Lipinski definition) is 0. The third kappa shape index (κ3) is 4.55. The van der Waals surface area contributed by atoms with Crippen LogP contribution in [0.5, 0.6) is 0 Å². The van der Waals surface area contributed by atoms with Gasteiger partial charge in [-0.05, 0) is 34.4 Å². The van der Waals surface area contributed by atoms with Gasteiger partial charge >= 0.3 is 0 Å². The van der Waals surface area contributed by atoms with Crippen molar-refractivity contribution in [2.75, 3.05) is 0 Å².